The number of hydrogen-bond donors (Lipinski definition) is 1. The van der Waals surface area contributed by atoms with Crippen molar-refractivity contribution in [2.24, 2.45) is 0 Å². The van der Waals surface area contributed by atoms with Crippen molar-refractivity contribution in [2.45, 2.75) is 58.9 Å². The standard InChI is InChI=1S/C26H32N2O4/c1-5-7-8-14-28-23(19-10-9-13-27-16-19)22(25(30)26(28)31)24(29)18-11-12-21(32-6-2)20(15-18)17(3)4/h9-13,15-17,23,29H,5-8,14H2,1-4H3/b24-22-. The van der Waals surface area contributed by atoms with Crippen molar-refractivity contribution in [3.05, 3.63) is 65.0 Å². The number of hydrogen-bond acceptors (Lipinski definition) is 5. The van der Waals surface area contributed by atoms with Crippen LogP contribution >= 0.6 is 0 Å². The summed E-state index contributed by atoms with van der Waals surface area (Å²) in [5, 5.41) is 11.3. The molecule has 1 aliphatic rings. The third-order valence-corrected chi connectivity index (χ3v) is 5.75. The molecule has 1 N–H and O–H groups in total. The van der Waals surface area contributed by atoms with Gasteiger partial charge in [-0.15, -0.1) is 0 Å². The Labute approximate surface area is 189 Å². The Morgan fingerprint density at radius 1 is 1.19 bits per heavy atom. The molecule has 0 aliphatic carbocycles. The zero-order chi connectivity index (χ0) is 23.3. The molecule has 6 nitrogen and oxygen atoms in total. The van der Waals surface area contributed by atoms with Crippen LogP contribution in [0.25, 0.3) is 5.76 Å². The molecule has 1 aromatic carbocycles. The summed E-state index contributed by atoms with van der Waals surface area (Å²) in [6.07, 6.45) is 6.05. The summed E-state index contributed by atoms with van der Waals surface area (Å²) in [7, 11) is 0. The van der Waals surface area contributed by atoms with Gasteiger partial charge in [0.1, 0.15) is 11.5 Å². The minimum atomic E-state index is -0.659. The fourth-order valence-electron chi connectivity index (χ4n) is 4.12. The van der Waals surface area contributed by atoms with Crippen LogP contribution in [0.3, 0.4) is 0 Å². The van der Waals surface area contributed by atoms with Crippen LogP contribution in [0.4, 0.5) is 0 Å². The van der Waals surface area contributed by atoms with Gasteiger partial charge < -0.3 is 14.7 Å². The fraction of sp³-hybridized carbons (Fsp3) is 0.423. The Kier molecular flexibility index (Phi) is 7.67. The molecular weight excluding hydrogens is 404 g/mol. The van der Waals surface area contributed by atoms with E-state index < -0.39 is 17.7 Å². The molecule has 0 bridgehead atoms. The van der Waals surface area contributed by atoms with E-state index in [1.807, 2.05) is 39.0 Å². The number of ketones is 1. The lowest BCUT2D eigenvalue weighted by molar-refractivity contribution is -0.139. The molecule has 1 atom stereocenters. The van der Waals surface area contributed by atoms with Crippen molar-refractivity contribution in [2.75, 3.05) is 13.2 Å². The predicted molar refractivity (Wildman–Crippen MR) is 124 cm³/mol. The molecule has 32 heavy (non-hydrogen) atoms. The second-order valence-corrected chi connectivity index (χ2v) is 8.33. The zero-order valence-electron chi connectivity index (χ0n) is 19.3. The van der Waals surface area contributed by atoms with Crippen molar-refractivity contribution in [3.8, 4) is 5.75 Å². The van der Waals surface area contributed by atoms with Gasteiger partial charge in [-0.2, -0.15) is 0 Å². The van der Waals surface area contributed by atoms with Gasteiger partial charge >= 0.3 is 0 Å². The summed E-state index contributed by atoms with van der Waals surface area (Å²) in [5.41, 5.74) is 2.25. The number of likely N-dealkylation sites (tertiary alicyclic amines) is 1. The van der Waals surface area contributed by atoms with Crippen LogP contribution in [0.1, 0.15) is 75.6 Å². The molecule has 1 unspecified atom stereocenters. The number of Topliss-reactive ketones (excluding diaryl/α,β-unsaturated/α-hetero) is 1. The number of aromatic nitrogens is 1. The molecule has 0 radical (unpaired) electrons. The minimum Gasteiger partial charge on any atom is -0.507 e. The maximum atomic E-state index is 13.1. The molecule has 1 amide bonds. The van der Waals surface area contributed by atoms with E-state index in [4.69, 9.17) is 4.74 Å². The third-order valence-electron chi connectivity index (χ3n) is 5.75. The molecule has 1 fully saturated rings. The minimum absolute atomic E-state index is 0.110. The molecular formula is C26H32N2O4. The highest BCUT2D eigenvalue weighted by Crippen LogP contribution is 2.40. The normalized spacial score (nSPS) is 17.9. The largest absolute Gasteiger partial charge is 0.507 e. The summed E-state index contributed by atoms with van der Waals surface area (Å²) < 4.78 is 5.72. The van der Waals surface area contributed by atoms with E-state index in [0.29, 0.717) is 24.3 Å². The first-order valence-corrected chi connectivity index (χ1v) is 11.4. The Bertz CT molecular complexity index is 998. The molecule has 0 spiro atoms. The predicted octanol–water partition coefficient (Wildman–Crippen LogP) is 5.22. The first-order chi connectivity index (χ1) is 15.4. The summed E-state index contributed by atoms with van der Waals surface area (Å²) in [6, 6.07) is 8.34. The summed E-state index contributed by atoms with van der Waals surface area (Å²) >= 11 is 0. The van der Waals surface area contributed by atoms with E-state index in [1.165, 1.54) is 0 Å². The second kappa shape index (κ2) is 10.4. The van der Waals surface area contributed by atoms with Crippen LogP contribution in [0.5, 0.6) is 5.75 Å². The maximum absolute atomic E-state index is 13.1. The smallest absolute Gasteiger partial charge is 0.295 e. The molecule has 1 aliphatic heterocycles. The van der Waals surface area contributed by atoms with Crippen molar-refractivity contribution in [1.29, 1.82) is 0 Å². The number of aliphatic hydroxyl groups excluding tert-OH is 1. The van der Waals surface area contributed by atoms with Gasteiger partial charge in [-0.05, 0) is 54.7 Å². The molecule has 1 saturated heterocycles. The van der Waals surface area contributed by atoms with Crippen molar-refractivity contribution in [1.82, 2.24) is 9.88 Å². The van der Waals surface area contributed by atoms with Crippen molar-refractivity contribution in [3.63, 3.8) is 0 Å². The lowest BCUT2D eigenvalue weighted by atomic mass is 9.93. The highest BCUT2D eigenvalue weighted by molar-refractivity contribution is 6.46. The molecule has 6 heteroatoms. The second-order valence-electron chi connectivity index (χ2n) is 8.33. The Hall–Kier alpha value is -3.15. The molecule has 0 saturated carbocycles. The van der Waals surface area contributed by atoms with Gasteiger partial charge in [0.15, 0.2) is 0 Å². The van der Waals surface area contributed by atoms with E-state index in [1.54, 1.807) is 29.4 Å². The number of unbranched alkanes of at least 4 members (excludes halogenated alkanes) is 2. The highest BCUT2D eigenvalue weighted by atomic mass is 16.5. The molecule has 2 heterocycles. The first kappa shape index (κ1) is 23.5. The maximum Gasteiger partial charge on any atom is 0.295 e. The Balaban J connectivity index is 2.12. The number of amides is 1. The number of carbonyl (C=O) groups is 2. The molecule has 1 aromatic heterocycles. The monoisotopic (exact) mass is 436 g/mol. The van der Waals surface area contributed by atoms with Gasteiger partial charge in [-0.3, -0.25) is 14.6 Å². The number of pyridine rings is 1. The van der Waals surface area contributed by atoms with Crippen LogP contribution in [0.2, 0.25) is 0 Å². The average Bonchev–Trinajstić information content (AvgIpc) is 3.04. The van der Waals surface area contributed by atoms with Crippen LogP contribution in [-0.4, -0.2) is 39.8 Å². The Morgan fingerprint density at radius 3 is 2.59 bits per heavy atom. The number of aliphatic hydroxyl groups is 1. The SMILES string of the molecule is CCCCCN1C(=O)C(=O)/C(=C(\O)c2ccc(OCC)c(C(C)C)c2)C1c1cccnc1. The quantitative estimate of drug-likeness (QED) is 0.252. The van der Waals surface area contributed by atoms with E-state index in [-0.39, 0.29) is 17.3 Å². The van der Waals surface area contributed by atoms with Crippen LogP contribution in [0.15, 0.2) is 48.3 Å². The number of rotatable bonds is 9. The topological polar surface area (TPSA) is 79.7 Å². The number of benzene rings is 1. The van der Waals surface area contributed by atoms with E-state index in [2.05, 4.69) is 11.9 Å². The number of ether oxygens (including phenoxy) is 1. The van der Waals surface area contributed by atoms with Gasteiger partial charge in [-0.1, -0.05) is 39.7 Å². The number of carbonyl (C=O) groups excluding carboxylic acids is 2. The van der Waals surface area contributed by atoms with E-state index >= 15 is 0 Å². The van der Waals surface area contributed by atoms with Gasteiger partial charge in [-0.25, -0.2) is 0 Å². The third kappa shape index (κ3) is 4.69. The van der Waals surface area contributed by atoms with Crippen molar-refractivity contribution >= 4 is 17.4 Å². The van der Waals surface area contributed by atoms with Gasteiger partial charge in [0.25, 0.3) is 11.7 Å². The van der Waals surface area contributed by atoms with Crippen LogP contribution < -0.4 is 4.74 Å². The van der Waals surface area contributed by atoms with Gasteiger partial charge in [0.2, 0.25) is 0 Å². The molecule has 3 rings (SSSR count). The van der Waals surface area contributed by atoms with E-state index in [9.17, 15) is 14.7 Å². The van der Waals surface area contributed by atoms with Crippen LogP contribution in [-0.2, 0) is 9.59 Å². The van der Waals surface area contributed by atoms with Gasteiger partial charge in [0, 0.05) is 24.5 Å². The lowest BCUT2D eigenvalue weighted by Gasteiger charge is -2.25. The average molecular weight is 437 g/mol. The summed E-state index contributed by atoms with van der Waals surface area (Å²) in [6.45, 7) is 9.09. The number of nitrogens with zero attached hydrogens (tertiary/aromatic N) is 2. The van der Waals surface area contributed by atoms with Crippen molar-refractivity contribution < 1.29 is 19.4 Å². The summed E-state index contributed by atoms with van der Waals surface area (Å²) in [4.78, 5) is 31.8. The van der Waals surface area contributed by atoms with E-state index in [0.717, 1.165) is 30.6 Å². The highest BCUT2D eigenvalue weighted by Gasteiger charge is 2.45. The lowest BCUT2D eigenvalue weighted by Crippen LogP contribution is -2.30. The van der Waals surface area contributed by atoms with Gasteiger partial charge in [0.05, 0.1) is 18.2 Å². The zero-order valence-corrected chi connectivity index (χ0v) is 19.3. The molecule has 2 aromatic rings. The summed E-state index contributed by atoms with van der Waals surface area (Å²) in [5.74, 6) is -0.489. The Morgan fingerprint density at radius 2 is 1.97 bits per heavy atom. The molecule has 170 valence electrons. The van der Waals surface area contributed by atoms with Crippen LogP contribution in [0, 0.1) is 0 Å². The first-order valence-electron chi connectivity index (χ1n) is 11.4. The fourth-order valence-corrected chi connectivity index (χ4v) is 4.12.